The average molecular weight is 422 g/mol. The molecule has 0 radical (unpaired) electrons. The maximum Gasteiger partial charge on any atom is 0.207 e. The number of halogens is 1. The Hall–Kier alpha value is -3.13. The highest BCUT2D eigenvalue weighted by atomic mass is 79.9. The van der Waals surface area contributed by atoms with E-state index in [0.29, 0.717) is 15.8 Å². The van der Waals surface area contributed by atoms with Crippen LogP contribution in [-0.4, -0.2) is 36.5 Å². The zero-order chi connectivity index (χ0) is 18.4. The second kappa shape index (κ2) is 6.24. The summed E-state index contributed by atoms with van der Waals surface area (Å²) in [6.45, 7) is 0. The van der Waals surface area contributed by atoms with E-state index in [4.69, 9.17) is 4.84 Å². The highest BCUT2D eigenvalue weighted by molar-refractivity contribution is 9.18. The number of hydrogen-bond donors (Lipinski definition) is 0. The number of fused-ring (bicyclic) bond motifs is 3. The van der Waals surface area contributed by atoms with Crippen LogP contribution in [0.2, 0.25) is 0 Å². The van der Waals surface area contributed by atoms with Gasteiger partial charge in [0.2, 0.25) is 11.9 Å². The van der Waals surface area contributed by atoms with Crippen molar-refractivity contribution >= 4 is 42.9 Å². The standard InChI is InChI=1S/C19H12BrN5O2/c20-18-15(17(27-22-18)16(26)11-6-2-1-3-7-11)13-10-12-8-4-5-9-14(12)25-19(13)21-23-24-25/h1-10,15,17H/t15-,17+/m1/s1. The molecule has 132 valence electrons. The Bertz CT molecular complexity index is 1200. The molecule has 2 aromatic heterocycles. The number of ketones is 1. The number of rotatable bonds is 3. The van der Waals surface area contributed by atoms with Crippen molar-refractivity contribution in [1.29, 1.82) is 0 Å². The predicted octanol–water partition coefficient (Wildman–Crippen LogP) is 3.35. The number of hydrogen-bond acceptors (Lipinski definition) is 6. The largest absolute Gasteiger partial charge is 0.382 e. The molecule has 0 amide bonds. The number of pyridine rings is 1. The van der Waals surface area contributed by atoms with E-state index >= 15 is 0 Å². The third kappa shape index (κ3) is 2.52. The first kappa shape index (κ1) is 16.1. The molecule has 4 aromatic rings. The maximum absolute atomic E-state index is 13.0. The molecule has 5 rings (SSSR count). The van der Waals surface area contributed by atoms with Crippen molar-refractivity contribution in [3.8, 4) is 0 Å². The molecule has 3 heterocycles. The molecule has 0 saturated heterocycles. The van der Waals surface area contributed by atoms with Crippen LogP contribution in [0.15, 0.2) is 65.8 Å². The van der Waals surface area contributed by atoms with Crippen LogP contribution >= 0.6 is 15.9 Å². The monoisotopic (exact) mass is 421 g/mol. The summed E-state index contributed by atoms with van der Waals surface area (Å²) >= 11 is 3.46. The molecule has 0 fully saturated rings. The van der Waals surface area contributed by atoms with E-state index < -0.39 is 12.0 Å². The fourth-order valence-corrected chi connectivity index (χ4v) is 3.97. The lowest BCUT2D eigenvalue weighted by atomic mass is 9.90. The highest BCUT2D eigenvalue weighted by Crippen LogP contribution is 2.36. The van der Waals surface area contributed by atoms with Gasteiger partial charge in [-0.2, -0.15) is 4.52 Å². The van der Waals surface area contributed by atoms with Gasteiger partial charge in [0.05, 0.1) is 11.4 Å². The highest BCUT2D eigenvalue weighted by Gasteiger charge is 2.41. The maximum atomic E-state index is 13.0. The van der Waals surface area contributed by atoms with Gasteiger partial charge in [-0.15, -0.1) is 5.10 Å². The Morgan fingerprint density at radius 2 is 1.85 bits per heavy atom. The second-order valence-electron chi connectivity index (χ2n) is 6.22. The minimum absolute atomic E-state index is 0.141. The summed E-state index contributed by atoms with van der Waals surface area (Å²) in [5.41, 5.74) is 2.81. The normalized spacial score (nSPS) is 19.2. The van der Waals surface area contributed by atoms with Crippen LogP contribution in [0.1, 0.15) is 21.8 Å². The van der Waals surface area contributed by atoms with Gasteiger partial charge in [0.1, 0.15) is 4.62 Å². The Morgan fingerprint density at radius 3 is 2.70 bits per heavy atom. The van der Waals surface area contributed by atoms with E-state index in [2.05, 4.69) is 36.6 Å². The number of tetrazole rings is 1. The molecule has 0 saturated carbocycles. The van der Waals surface area contributed by atoms with Gasteiger partial charge in [0.25, 0.3) is 0 Å². The van der Waals surface area contributed by atoms with Crippen molar-refractivity contribution < 1.29 is 9.63 Å². The first-order chi connectivity index (χ1) is 13.2. The quantitative estimate of drug-likeness (QED) is 0.473. The van der Waals surface area contributed by atoms with Gasteiger partial charge in [0, 0.05) is 16.5 Å². The number of oxime groups is 1. The lowest BCUT2D eigenvalue weighted by molar-refractivity contribution is 0.0517. The lowest BCUT2D eigenvalue weighted by Gasteiger charge is -2.17. The van der Waals surface area contributed by atoms with Crippen LogP contribution in [-0.2, 0) is 4.84 Å². The Morgan fingerprint density at radius 1 is 1.07 bits per heavy atom. The van der Waals surface area contributed by atoms with Crippen molar-refractivity contribution in [2.24, 2.45) is 5.16 Å². The van der Waals surface area contributed by atoms with E-state index in [0.717, 1.165) is 16.5 Å². The van der Waals surface area contributed by atoms with E-state index in [1.165, 1.54) is 0 Å². The molecular weight excluding hydrogens is 410 g/mol. The Balaban J connectivity index is 1.68. The fourth-order valence-electron chi connectivity index (χ4n) is 3.40. The molecule has 27 heavy (non-hydrogen) atoms. The van der Waals surface area contributed by atoms with Gasteiger partial charge >= 0.3 is 0 Å². The zero-order valence-electron chi connectivity index (χ0n) is 13.9. The van der Waals surface area contributed by atoms with Crippen molar-refractivity contribution in [3.63, 3.8) is 0 Å². The molecule has 8 heteroatoms. The Kier molecular flexibility index (Phi) is 3.71. The molecule has 0 bridgehead atoms. The number of aromatic nitrogens is 4. The van der Waals surface area contributed by atoms with Crippen molar-refractivity contribution in [2.45, 2.75) is 12.0 Å². The van der Waals surface area contributed by atoms with Crippen LogP contribution < -0.4 is 0 Å². The Labute approximate surface area is 161 Å². The summed E-state index contributed by atoms with van der Waals surface area (Å²) in [4.78, 5) is 18.5. The van der Waals surface area contributed by atoms with E-state index in [1.807, 2.05) is 48.5 Å². The molecule has 0 aliphatic carbocycles. The van der Waals surface area contributed by atoms with E-state index in [-0.39, 0.29) is 5.78 Å². The van der Waals surface area contributed by atoms with Crippen LogP contribution in [0.3, 0.4) is 0 Å². The molecular formula is C19H12BrN5O2. The SMILES string of the molecule is O=C(c1ccccc1)[C@H]1ON=C(Br)[C@@H]1c1cc2ccccc2n2nnnc12. The smallest absolute Gasteiger partial charge is 0.207 e. The number of carbonyl (C=O) groups excluding carboxylic acids is 1. The van der Waals surface area contributed by atoms with Crippen LogP contribution in [0.4, 0.5) is 0 Å². The molecule has 0 spiro atoms. The van der Waals surface area contributed by atoms with Crippen molar-refractivity contribution in [3.05, 3.63) is 71.8 Å². The molecule has 2 atom stereocenters. The molecule has 0 N–H and O–H groups in total. The first-order valence-corrected chi connectivity index (χ1v) is 9.11. The summed E-state index contributed by atoms with van der Waals surface area (Å²) < 4.78 is 2.21. The predicted molar refractivity (Wildman–Crippen MR) is 103 cm³/mol. The van der Waals surface area contributed by atoms with Gasteiger partial charge in [-0.1, -0.05) is 53.7 Å². The van der Waals surface area contributed by atoms with Crippen LogP contribution in [0.25, 0.3) is 16.6 Å². The molecule has 7 nitrogen and oxygen atoms in total. The van der Waals surface area contributed by atoms with E-state index in [9.17, 15) is 4.79 Å². The van der Waals surface area contributed by atoms with Gasteiger partial charge in [0.15, 0.2) is 5.65 Å². The minimum Gasteiger partial charge on any atom is -0.382 e. The van der Waals surface area contributed by atoms with Crippen LogP contribution in [0, 0.1) is 0 Å². The third-order valence-corrected chi connectivity index (χ3v) is 5.31. The number of benzene rings is 2. The number of carbonyl (C=O) groups is 1. The summed E-state index contributed by atoms with van der Waals surface area (Å²) in [6.07, 6.45) is -0.788. The van der Waals surface area contributed by atoms with E-state index in [1.54, 1.807) is 16.6 Å². The zero-order valence-corrected chi connectivity index (χ0v) is 15.4. The van der Waals surface area contributed by atoms with Gasteiger partial charge in [-0.25, -0.2) is 0 Å². The van der Waals surface area contributed by atoms with Crippen molar-refractivity contribution in [2.75, 3.05) is 0 Å². The summed E-state index contributed by atoms with van der Waals surface area (Å²) in [5, 5.41) is 17.1. The molecule has 1 aliphatic rings. The van der Waals surface area contributed by atoms with Gasteiger partial charge < -0.3 is 4.84 Å². The van der Waals surface area contributed by atoms with Gasteiger partial charge in [-0.3, -0.25) is 4.79 Å². The van der Waals surface area contributed by atoms with Crippen LogP contribution in [0.5, 0.6) is 0 Å². The number of Topliss-reactive ketones (excluding diaryl/α,β-unsaturated/α-hetero) is 1. The third-order valence-electron chi connectivity index (χ3n) is 4.67. The lowest BCUT2D eigenvalue weighted by Crippen LogP contribution is -2.29. The topological polar surface area (TPSA) is 81.7 Å². The summed E-state index contributed by atoms with van der Waals surface area (Å²) in [7, 11) is 0. The van der Waals surface area contributed by atoms with Crippen molar-refractivity contribution in [1.82, 2.24) is 20.0 Å². The summed E-state index contributed by atoms with van der Waals surface area (Å²) in [6, 6.07) is 18.8. The molecule has 1 aliphatic heterocycles. The van der Waals surface area contributed by atoms with Gasteiger partial charge in [-0.05, 0) is 38.5 Å². The first-order valence-electron chi connectivity index (χ1n) is 8.32. The fraction of sp³-hybridized carbons (Fsp3) is 0.105. The molecule has 2 aromatic carbocycles. The second-order valence-corrected chi connectivity index (χ2v) is 7.03. The summed E-state index contributed by atoms with van der Waals surface area (Å²) in [5.74, 6) is -0.576. The molecule has 0 unspecified atom stereocenters. The minimum atomic E-state index is -0.788. The number of para-hydroxylation sites is 1. The number of nitrogens with zero attached hydrogens (tertiary/aromatic N) is 5. The average Bonchev–Trinajstić information content (AvgIpc) is 3.35.